The Labute approximate surface area is 135 Å². The van der Waals surface area contributed by atoms with Crippen molar-refractivity contribution >= 4 is 49.9 Å². The summed E-state index contributed by atoms with van der Waals surface area (Å²) in [5, 5.41) is 4.21. The molecule has 1 atom stereocenters. The Morgan fingerprint density at radius 3 is 2.95 bits per heavy atom. The van der Waals surface area contributed by atoms with Crippen molar-refractivity contribution in [1.82, 2.24) is 9.55 Å². The van der Waals surface area contributed by atoms with Crippen molar-refractivity contribution in [2.45, 2.75) is 25.3 Å². The maximum atomic E-state index is 6.29. The van der Waals surface area contributed by atoms with Gasteiger partial charge in [-0.25, -0.2) is 4.98 Å². The zero-order valence-corrected chi connectivity index (χ0v) is 14.2. The van der Waals surface area contributed by atoms with Gasteiger partial charge in [-0.3, -0.25) is 0 Å². The molecule has 0 radical (unpaired) electrons. The number of thiophene rings is 1. The Morgan fingerprint density at radius 2 is 2.25 bits per heavy atom. The van der Waals surface area contributed by atoms with Gasteiger partial charge in [-0.15, -0.1) is 11.6 Å². The molecular formula is C15H14BrClN2S. The minimum absolute atomic E-state index is 0.0938. The lowest BCUT2D eigenvalue weighted by molar-refractivity contribution is 0.669. The highest BCUT2D eigenvalue weighted by atomic mass is 79.9. The van der Waals surface area contributed by atoms with E-state index in [0.717, 1.165) is 34.3 Å². The number of hydrogen-bond donors (Lipinski definition) is 0. The topological polar surface area (TPSA) is 17.8 Å². The predicted molar refractivity (Wildman–Crippen MR) is 89.7 cm³/mol. The van der Waals surface area contributed by atoms with Gasteiger partial charge in [-0.2, -0.15) is 11.3 Å². The lowest BCUT2D eigenvalue weighted by Crippen LogP contribution is -2.06. The van der Waals surface area contributed by atoms with Crippen LogP contribution in [0.3, 0.4) is 0 Å². The van der Waals surface area contributed by atoms with E-state index < -0.39 is 0 Å². The number of alkyl halides is 1. The number of imidazole rings is 1. The van der Waals surface area contributed by atoms with Gasteiger partial charge >= 0.3 is 0 Å². The van der Waals surface area contributed by atoms with Crippen LogP contribution in [-0.2, 0) is 13.0 Å². The first kappa shape index (κ1) is 14.1. The number of aromatic nitrogens is 2. The third-order valence-corrected chi connectivity index (χ3v) is 4.72. The van der Waals surface area contributed by atoms with Gasteiger partial charge in [-0.1, -0.05) is 15.9 Å². The molecule has 1 unspecified atom stereocenters. The lowest BCUT2D eigenvalue weighted by Gasteiger charge is -2.10. The smallest absolute Gasteiger partial charge is 0.127 e. The lowest BCUT2D eigenvalue weighted by atomic mass is 10.2. The fourth-order valence-corrected chi connectivity index (χ4v) is 3.55. The summed E-state index contributed by atoms with van der Waals surface area (Å²) in [4.78, 5) is 4.68. The van der Waals surface area contributed by atoms with Gasteiger partial charge in [0.1, 0.15) is 5.82 Å². The standard InChI is InChI=1S/C15H14BrClN2S/c1-10(17)15-18-13-8-12(16)2-3-14(13)19(15)6-4-11-5-7-20-9-11/h2-3,5,7-10H,4,6H2,1H3. The molecule has 0 saturated carbocycles. The van der Waals surface area contributed by atoms with Gasteiger partial charge in [0, 0.05) is 11.0 Å². The van der Waals surface area contributed by atoms with Gasteiger partial charge in [0.25, 0.3) is 0 Å². The van der Waals surface area contributed by atoms with Crippen molar-refractivity contribution in [2.24, 2.45) is 0 Å². The van der Waals surface area contributed by atoms with Crippen LogP contribution in [0.4, 0.5) is 0 Å². The van der Waals surface area contributed by atoms with Crippen LogP contribution in [0.1, 0.15) is 23.7 Å². The van der Waals surface area contributed by atoms with Crippen LogP contribution in [0.15, 0.2) is 39.5 Å². The number of aryl methyl sites for hydroxylation is 2. The molecule has 2 nitrogen and oxygen atoms in total. The van der Waals surface area contributed by atoms with E-state index in [-0.39, 0.29) is 5.38 Å². The molecule has 3 aromatic rings. The van der Waals surface area contributed by atoms with Crippen LogP contribution in [0.25, 0.3) is 11.0 Å². The largest absolute Gasteiger partial charge is 0.326 e. The normalized spacial score (nSPS) is 12.9. The number of rotatable bonds is 4. The van der Waals surface area contributed by atoms with Gasteiger partial charge in [0.15, 0.2) is 0 Å². The number of fused-ring (bicyclic) bond motifs is 1. The number of hydrogen-bond acceptors (Lipinski definition) is 2. The van der Waals surface area contributed by atoms with Gasteiger partial charge in [0.05, 0.1) is 16.4 Å². The first-order valence-corrected chi connectivity index (χ1v) is 8.63. The van der Waals surface area contributed by atoms with Gasteiger partial charge in [0.2, 0.25) is 0 Å². The van der Waals surface area contributed by atoms with E-state index in [0.29, 0.717) is 0 Å². The minimum Gasteiger partial charge on any atom is -0.326 e. The molecule has 0 spiro atoms. The Morgan fingerprint density at radius 1 is 1.40 bits per heavy atom. The molecule has 20 heavy (non-hydrogen) atoms. The van der Waals surface area contributed by atoms with E-state index >= 15 is 0 Å². The van der Waals surface area contributed by atoms with Crippen LogP contribution in [-0.4, -0.2) is 9.55 Å². The third-order valence-electron chi connectivity index (χ3n) is 3.30. The van der Waals surface area contributed by atoms with Crippen molar-refractivity contribution in [3.63, 3.8) is 0 Å². The highest BCUT2D eigenvalue weighted by molar-refractivity contribution is 9.10. The summed E-state index contributed by atoms with van der Waals surface area (Å²) in [6.45, 7) is 2.88. The number of benzene rings is 1. The van der Waals surface area contributed by atoms with Crippen molar-refractivity contribution in [3.05, 3.63) is 50.9 Å². The Balaban J connectivity index is 2.00. The molecule has 5 heteroatoms. The molecule has 2 heterocycles. The summed E-state index contributed by atoms with van der Waals surface area (Å²) in [6.07, 6.45) is 1.00. The van der Waals surface area contributed by atoms with E-state index in [9.17, 15) is 0 Å². The maximum absolute atomic E-state index is 6.29. The number of nitrogens with zero attached hydrogens (tertiary/aromatic N) is 2. The Hall–Kier alpha value is -0.840. The average Bonchev–Trinajstić information content (AvgIpc) is 3.02. The highest BCUT2D eigenvalue weighted by Crippen LogP contribution is 2.27. The second-order valence-corrected chi connectivity index (χ2v) is 7.10. The summed E-state index contributed by atoms with van der Waals surface area (Å²) in [5.41, 5.74) is 3.50. The van der Waals surface area contributed by atoms with Crippen LogP contribution in [0.2, 0.25) is 0 Å². The molecule has 0 saturated heterocycles. The average molecular weight is 370 g/mol. The zero-order chi connectivity index (χ0) is 14.1. The SMILES string of the molecule is CC(Cl)c1nc2cc(Br)ccc2n1CCc1ccsc1. The van der Waals surface area contributed by atoms with Crippen molar-refractivity contribution in [2.75, 3.05) is 0 Å². The second kappa shape index (κ2) is 5.88. The third kappa shape index (κ3) is 2.78. The summed E-state index contributed by atoms with van der Waals surface area (Å²) >= 11 is 11.5. The molecule has 0 bridgehead atoms. The molecule has 0 aliphatic carbocycles. The van der Waals surface area contributed by atoms with Crippen LogP contribution in [0, 0.1) is 0 Å². The molecule has 0 fully saturated rings. The Kier molecular flexibility index (Phi) is 4.15. The van der Waals surface area contributed by atoms with E-state index in [1.54, 1.807) is 11.3 Å². The van der Waals surface area contributed by atoms with E-state index in [1.807, 2.05) is 19.1 Å². The van der Waals surface area contributed by atoms with E-state index in [1.165, 1.54) is 5.56 Å². The molecule has 104 valence electrons. The zero-order valence-electron chi connectivity index (χ0n) is 11.0. The van der Waals surface area contributed by atoms with Gasteiger partial charge in [-0.05, 0) is 53.9 Å². The highest BCUT2D eigenvalue weighted by Gasteiger charge is 2.15. The summed E-state index contributed by atoms with van der Waals surface area (Å²) in [7, 11) is 0. The Bertz CT molecular complexity index is 719. The summed E-state index contributed by atoms with van der Waals surface area (Å²) < 4.78 is 3.28. The van der Waals surface area contributed by atoms with E-state index in [2.05, 4.69) is 48.4 Å². The monoisotopic (exact) mass is 368 g/mol. The van der Waals surface area contributed by atoms with E-state index in [4.69, 9.17) is 11.6 Å². The van der Waals surface area contributed by atoms with Crippen molar-refractivity contribution in [1.29, 1.82) is 0 Å². The first-order valence-electron chi connectivity index (χ1n) is 6.46. The first-order chi connectivity index (χ1) is 9.65. The molecular weight excluding hydrogens is 356 g/mol. The number of halogens is 2. The van der Waals surface area contributed by atoms with Crippen LogP contribution >= 0.6 is 38.9 Å². The fourth-order valence-electron chi connectivity index (χ4n) is 2.34. The van der Waals surface area contributed by atoms with Crippen molar-refractivity contribution < 1.29 is 0 Å². The molecule has 0 aliphatic rings. The summed E-state index contributed by atoms with van der Waals surface area (Å²) in [5.74, 6) is 0.940. The second-order valence-electron chi connectivity index (χ2n) is 4.75. The quantitative estimate of drug-likeness (QED) is 0.563. The van der Waals surface area contributed by atoms with Crippen molar-refractivity contribution in [3.8, 4) is 0 Å². The predicted octanol–water partition coefficient (Wildman–Crippen LogP) is 5.40. The molecule has 0 aliphatic heterocycles. The fraction of sp³-hybridized carbons (Fsp3) is 0.267. The van der Waals surface area contributed by atoms with Crippen LogP contribution in [0.5, 0.6) is 0 Å². The summed E-state index contributed by atoms with van der Waals surface area (Å²) in [6, 6.07) is 8.36. The maximum Gasteiger partial charge on any atom is 0.127 e. The molecule has 2 aromatic heterocycles. The van der Waals surface area contributed by atoms with Gasteiger partial charge < -0.3 is 4.57 Å². The molecule has 0 amide bonds. The van der Waals surface area contributed by atoms with Crippen LogP contribution < -0.4 is 0 Å². The molecule has 1 aromatic carbocycles. The molecule has 0 N–H and O–H groups in total. The molecule has 3 rings (SSSR count). The minimum atomic E-state index is -0.0938.